The third-order valence-corrected chi connectivity index (χ3v) is 2.93. The number of carboxylic acids is 1. The maximum atomic E-state index is 10.7. The van der Waals surface area contributed by atoms with E-state index < -0.39 is 5.97 Å². The first-order valence-corrected chi connectivity index (χ1v) is 5.60. The Kier molecular flexibility index (Phi) is 3.45. The van der Waals surface area contributed by atoms with Gasteiger partial charge >= 0.3 is 5.97 Å². The van der Waals surface area contributed by atoms with Crippen LogP contribution in [-0.2, 0) is 0 Å². The molecule has 94 valence electrons. The summed E-state index contributed by atoms with van der Waals surface area (Å²) in [6.07, 6.45) is 0. The Balaban J connectivity index is 2.50. The number of carboxylic acid groups (broad SMARTS) is 1. The second kappa shape index (κ2) is 4.88. The molecule has 0 atom stereocenters. The molecule has 1 heterocycles. The van der Waals surface area contributed by atoms with Crippen LogP contribution >= 0.6 is 23.2 Å². The van der Waals surface area contributed by atoms with Gasteiger partial charge in [-0.15, -0.1) is 0 Å². The van der Waals surface area contributed by atoms with Gasteiger partial charge in [0.2, 0.25) is 0 Å². The molecule has 0 saturated heterocycles. The van der Waals surface area contributed by atoms with Gasteiger partial charge in [-0.25, -0.2) is 4.79 Å². The summed E-state index contributed by atoms with van der Waals surface area (Å²) < 4.78 is 5.02. The highest BCUT2D eigenvalue weighted by atomic mass is 35.5. The number of halogens is 2. The fourth-order valence-corrected chi connectivity index (χ4v) is 1.94. The predicted octanol–water partition coefficient (Wildman–Crippen LogP) is 3.09. The molecule has 1 aromatic heterocycles. The highest BCUT2D eigenvalue weighted by Gasteiger charge is 2.14. The summed E-state index contributed by atoms with van der Waals surface area (Å²) in [5.74, 6) is -0.649. The average Bonchev–Trinajstić information content (AvgIpc) is 2.81. The number of aromatic amines is 1. The smallest absolute Gasteiger partial charge is 0.353 e. The molecular formula is C11H8Cl2N2O3. The molecule has 0 unspecified atom stereocenters. The third-order valence-electron chi connectivity index (χ3n) is 2.33. The second-order valence-corrected chi connectivity index (χ2v) is 4.25. The van der Waals surface area contributed by atoms with Crippen LogP contribution in [0.3, 0.4) is 0 Å². The Morgan fingerprint density at radius 2 is 2.06 bits per heavy atom. The van der Waals surface area contributed by atoms with Gasteiger partial charge in [0.05, 0.1) is 22.8 Å². The van der Waals surface area contributed by atoms with E-state index in [1.54, 1.807) is 12.1 Å². The van der Waals surface area contributed by atoms with Crippen LogP contribution in [0.15, 0.2) is 18.2 Å². The Morgan fingerprint density at radius 1 is 1.33 bits per heavy atom. The summed E-state index contributed by atoms with van der Waals surface area (Å²) in [6.45, 7) is 0. The third kappa shape index (κ3) is 2.27. The van der Waals surface area contributed by atoms with Gasteiger partial charge in [0.1, 0.15) is 11.4 Å². The molecule has 0 fully saturated rings. The van der Waals surface area contributed by atoms with Crippen molar-refractivity contribution in [3.63, 3.8) is 0 Å². The first-order valence-electron chi connectivity index (χ1n) is 4.85. The normalized spacial score (nSPS) is 10.4. The lowest BCUT2D eigenvalue weighted by Crippen LogP contribution is -1.95. The summed E-state index contributed by atoms with van der Waals surface area (Å²) in [7, 11) is 1.48. The number of carbonyl (C=O) groups is 1. The zero-order valence-corrected chi connectivity index (χ0v) is 10.7. The molecule has 2 rings (SSSR count). The molecule has 7 heteroatoms. The average molecular weight is 287 g/mol. The molecule has 2 aromatic rings. The number of ether oxygens (including phenoxy) is 1. The maximum absolute atomic E-state index is 10.7. The van der Waals surface area contributed by atoms with E-state index in [1.807, 2.05) is 0 Å². The van der Waals surface area contributed by atoms with E-state index in [4.69, 9.17) is 33.0 Å². The highest BCUT2D eigenvalue weighted by Crippen LogP contribution is 2.35. The fourth-order valence-electron chi connectivity index (χ4n) is 1.45. The van der Waals surface area contributed by atoms with Gasteiger partial charge in [0, 0.05) is 11.6 Å². The Bertz CT molecular complexity index is 610. The van der Waals surface area contributed by atoms with Crippen molar-refractivity contribution in [1.82, 2.24) is 10.2 Å². The Morgan fingerprint density at radius 3 is 2.61 bits per heavy atom. The minimum atomic E-state index is -1.09. The summed E-state index contributed by atoms with van der Waals surface area (Å²) in [6, 6.07) is 4.51. The van der Waals surface area contributed by atoms with Crippen LogP contribution < -0.4 is 4.74 Å². The molecule has 18 heavy (non-hydrogen) atoms. The quantitative estimate of drug-likeness (QED) is 0.909. The van der Waals surface area contributed by atoms with Crippen LogP contribution in [0.4, 0.5) is 0 Å². The van der Waals surface area contributed by atoms with Crippen molar-refractivity contribution in [2.24, 2.45) is 0 Å². The lowest BCUT2D eigenvalue weighted by atomic mass is 10.1. The van der Waals surface area contributed by atoms with Crippen molar-refractivity contribution < 1.29 is 14.6 Å². The van der Waals surface area contributed by atoms with Crippen molar-refractivity contribution in [1.29, 1.82) is 0 Å². The monoisotopic (exact) mass is 286 g/mol. The van der Waals surface area contributed by atoms with Crippen molar-refractivity contribution in [2.75, 3.05) is 7.11 Å². The molecule has 2 N–H and O–H groups in total. The van der Waals surface area contributed by atoms with Crippen LogP contribution in [0.25, 0.3) is 11.3 Å². The summed E-state index contributed by atoms with van der Waals surface area (Å²) in [5, 5.41) is 15.8. The van der Waals surface area contributed by atoms with Crippen molar-refractivity contribution in [2.45, 2.75) is 0 Å². The second-order valence-electron chi connectivity index (χ2n) is 3.44. The van der Waals surface area contributed by atoms with E-state index in [2.05, 4.69) is 10.2 Å². The largest absolute Gasteiger partial charge is 0.495 e. The van der Waals surface area contributed by atoms with Crippen molar-refractivity contribution in [3.05, 3.63) is 33.9 Å². The Hall–Kier alpha value is -1.72. The van der Waals surface area contributed by atoms with Crippen molar-refractivity contribution in [3.8, 4) is 17.0 Å². The van der Waals surface area contributed by atoms with E-state index in [9.17, 15) is 4.79 Å². The molecule has 0 amide bonds. The van der Waals surface area contributed by atoms with Crippen LogP contribution in [0.1, 0.15) is 10.5 Å². The lowest BCUT2D eigenvalue weighted by molar-refractivity contribution is 0.0690. The van der Waals surface area contributed by atoms with Crippen LogP contribution in [-0.4, -0.2) is 28.4 Å². The molecule has 0 spiro atoms. The summed E-state index contributed by atoms with van der Waals surface area (Å²) in [5.41, 5.74) is 0.918. The van der Waals surface area contributed by atoms with E-state index >= 15 is 0 Å². The van der Waals surface area contributed by atoms with Crippen LogP contribution in [0.5, 0.6) is 5.75 Å². The SMILES string of the molecule is COc1cc(Cl)c(-c2cc(C(=O)O)[nH]n2)cc1Cl. The molecule has 0 aliphatic rings. The minimum Gasteiger partial charge on any atom is -0.495 e. The van der Waals surface area contributed by atoms with E-state index in [1.165, 1.54) is 13.2 Å². The van der Waals surface area contributed by atoms with Gasteiger partial charge in [0.25, 0.3) is 0 Å². The number of aromatic carboxylic acids is 1. The van der Waals surface area contributed by atoms with E-state index in [0.29, 0.717) is 27.1 Å². The summed E-state index contributed by atoms with van der Waals surface area (Å²) >= 11 is 12.0. The predicted molar refractivity (Wildman–Crippen MR) is 67.6 cm³/mol. The number of nitrogens with zero attached hydrogens (tertiary/aromatic N) is 1. The Labute approximate surface area is 112 Å². The molecule has 0 aliphatic heterocycles. The number of benzene rings is 1. The molecule has 1 aromatic carbocycles. The van der Waals surface area contributed by atoms with Gasteiger partial charge in [-0.1, -0.05) is 23.2 Å². The first kappa shape index (κ1) is 12.7. The number of nitrogens with one attached hydrogen (secondary N) is 1. The number of hydrogen-bond donors (Lipinski definition) is 2. The number of hydrogen-bond acceptors (Lipinski definition) is 3. The highest BCUT2D eigenvalue weighted by molar-refractivity contribution is 6.36. The van der Waals surface area contributed by atoms with Gasteiger partial charge in [-0.2, -0.15) is 5.10 Å². The van der Waals surface area contributed by atoms with E-state index in [-0.39, 0.29) is 5.69 Å². The molecule has 0 aliphatic carbocycles. The topological polar surface area (TPSA) is 75.2 Å². The first-order chi connectivity index (χ1) is 8.52. The lowest BCUT2D eigenvalue weighted by Gasteiger charge is -2.06. The van der Waals surface area contributed by atoms with Gasteiger partial charge < -0.3 is 9.84 Å². The van der Waals surface area contributed by atoms with Crippen LogP contribution in [0, 0.1) is 0 Å². The number of H-pyrrole nitrogens is 1. The molecule has 0 radical (unpaired) electrons. The van der Waals surface area contributed by atoms with Gasteiger partial charge in [0.15, 0.2) is 0 Å². The summed E-state index contributed by atoms with van der Waals surface area (Å²) in [4.78, 5) is 10.7. The van der Waals surface area contributed by atoms with Gasteiger partial charge in [-0.3, -0.25) is 5.10 Å². The number of rotatable bonds is 3. The van der Waals surface area contributed by atoms with Gasteiger partial charge in [-0.05, 0) is 12.1 Å². The fraction of sp³-hybridized carbons (Fsp3) is 0.0909. The zero-order chi connectivity index (χ0) is 13.3. The zero-order valence-electron chi connectivity index (χ0n) is 9.20. The van der Waals surface area contributed by atoms with Crippen LogP contribution in [0.2, 0.25) is 10.0 Å². The molecular weight excluding hydrogens is 279 g/mol. The molecule has 5 nitrogen and oxygen atoms in total. The van der Waals surface area contributed by atoms with Crippen molar-refractivity contribution >= 4 is 29.2 Å². The number of aromatic nitrogens is 2. The molecule has 0 saturated carbocycles. The minimum absolute atomic E-state index is 0.0204. The maximum Gasteiger partial charge on any atom is 0.353 e. The van der Waals surface area contributed by atoms with E-state index in [0.717, 1.165) is 0 Å². The number of methoxy groups -OCH3 is 1. The standard InChI is InChI=1S/C11H8Cl2N2O3/c1-18-10-3-6(12)5(2-7(10)13)8-4-9(11(16)17)15-14-8/h2-4H,1H3,(H,14,15)(H,16,17). The molecule has 0 bridgehead atoms.